The molecule has 128 valence electrons. The van der Waals surface area contributed by atoms with Crippen molar-refractivity contribution in [3.05, 3.63) is 36.4 Å². The summed E-state index contributed by atoms with van der Waals surface area (Å²) >= 11 is 0. The third-order valence-corrected chi connectivity index (χ3v) is 4.86. The molecule has 4 heteroatoms. The quantitative estimate of drug-likeness (QED) is 0.851. The highest BCUT2D eigenvalue weighted by Crippen LogP contribution is 2.26. The molecule has 2 aromatic carbocycles. The van der Waals surface area contributed by atoms with E-state index in [1.165, 1.54) is 6.42 Å². The predicted octanol–water partition coefficient (Wildman–Crippen LogP) is 4.02. The first-order valence-electron chi connectivity index (χ1n) is 8.60. The van der Waals surface area contributed by atoms with E-state index in [4.69, 9.17) is 9.47 Å². The summed E-state index contributed by atoms with van der Waals surface area (Å²) in [6, 6.07) is 12.4. The third-order valence-electron chi connectivity index (χ3n) is 4.86. The maximum Gasteiger partial charge on any atom is 0.260 e. The summed E-state index contributed by atoms with van der Waals surface area (Å²) in [4.78, 5) is 14.5. The molecule has 3 rings (SSSR count). The third kappa shape index (κ3) is 3.48. The molecular weight excluding hydrogens is 302 g/mol. The van der Waals surface area contributed by atoms with Gasteiger partial charge in [-0.05, 0) is 68.1 Å². The molecule has 1 fully saturated rings. The molecule has 0 spiro atoms. The van der Waals surface area contributed by atoms with E-state index in [-0.39, 0.29) is 12.5 Å². The normalized spacial score (nSPS) is 20.9. The maximum absolute atomic E-state index is 12.5. The van der Waals surface area contributed by atoms with E-state index in [0.717, 1.165) is 29.4 Å². The number of amides is 1. The van der Waals surface area contributed by atoms with Gasteiger partial charge in [-0.2, -0.15) is 0 Å². The van der Waals surface area contributed by atoms with E-state index in [0.29, 0.717) is 17.8 Å². The molecule has 2 atom stereocenters. The van der Waals surface area contributed by atoms with Gasteiger partial charge in [-0.15, -0.1) is 0 Å². The minimum absolute atomic E-state index is 0.0699. The molecule has 0 aromatic heterocycles. The molecule has 1 amide bonds. The van der Waals surface area contributed by atoms with Crippen LogP contribution < -0.4 is 9.47 Å². The highest BCUT2D eigenvalue weighted by atomic mass is 16.5. The van der Waals surface area contributed by atoms with Gasteiger partial charge in [0.2, 0.25) is 0 Å². The number of hydrogen-bond donors (Lipinski definition) is 0. The SMILES string of the molecule is COc1ccc2ccc(OCC(=O)N3[C@H](C)CCC[C@H]3C)cc2c1. The number of ether oxygens (including phenoxy) is 2. The van der Waals surface area contributed by atoms with Crippen LogP contribution in [0.4, 0.5) is 0 Å². The van der Waals surface area contributed by atoms with Gasteiger partial charge < -0.3 is 14.4 Å². The smallest absolute Gasteiger partial charge is 0.260 e. The second kappa shape index (κ2) is 7.12. The van der Waals surface area contributed by atoms with Crippen molar-refractivity contribution in [2.75, 3.05) is 13.7 Å². The van der Waals surface area contributed by atoms with Crippen LogP contribution in [0.2, 0.25) is 0 Å². The molecule has 1 aliphatic heterocycles. The lowest BCUT2D eigenvalue weighted by Crippen LogP contribution is -2.49. The summed E-state index contributed by atoms with van der Waals surface area (Å²) in [6.45, 7) is 4.33. The zero-order chi connectivity index (χ0) is 17.1. The first-order valence-corrected chi connectivity index (χ1v) is 8.60. The number of likely N-dealkylation sites (tertiary alicyclic amines) is 1. The van der Waals surface area contributed by atoms with E-state index < -0.39 is 0 Å². The number of rotatable bonds is 4. The van der Waals surface area contributed by atoms with Gasteiger partial charge in [-0.1, -0.05) is 12.1 Å². The van der Waals surface area contributed by atoms with E-state index >= 15 is 0 Å². The van der Waals surface area contributed by atoms with Gasteiger partial charge in [-0.25, -0.2) is 0 Å². The summed E-state index contributed by atoms with van der Waals surface area (Å²) in [6.07, 6.45) is 3.34. The van der Waals surface area contributed by atoms with Crippen molar-refractivity contribution in [2.24, 2.45) is 0 Å². The molecule has 0 bridgehead atoms. The average Bonchev–Trinajstić information content (AvgIpc) is 2.59. The van der Waals surface area contributed by atoms with Gasteiger partial charge >= 0.3 is 0 Å². The number of hydrogen-bond acceptors (Lipinski definition) is 3. The van der Waals surface area contributed by atoms with Gasteiger partial charge in [0.15, 0.2) is 6.61 Å². The zero-order valence-corrected chi connectivity index (χ0v) is 14.6. The second-order valence-electron chi connectivity index (χ2n) is 6.59. The molecule has 0 N–H and O–H groups in total. The Bertz CT molecular complexity index is 718. The van der Waals surface area contributed by atoms with Gasteiger partial charge in [0.05, 0.1) is 7.11 Å². The minimum atomic E-state index is 0.0699. The Morgan fingerprint density at radius 3 is 2.33 bits per heavy atom. The van der Waals surface area contributed by atoms with E-state index in [1.54, 1.807) is 7.11 Å². The van der Waals surface area contributed by atoms with Crippen LogP contribution in [0.15, 0.2) is 36.4 Å². The average molecular weight is 327 g/mol. The highest BCUT2D eigenvalue weighted by Gasteiger charge is 2.28. The monoisotopic (exact) mass is 327 g/mol. The molecule has 0 saturated carbocycles. The number of carbonyl (C=O) groups is 1. The molecule has 2 aromatic rings. The lowest BCUT2D eigenvalue weighted by molar-refractivity contribution is -0.139. The van der Waals surface area contributed by atoms with Crippen LogP contribution in [0, 0.1) is 0 Å². The molecule has 4 nitrogen and oxygen atoms in total. The van der Waals surface area contributed by atoms with Crippen LogP contribution in [0.25, 0.3) is 10.8 Å². The van der Waals surface area contributed by atoms with Crippen molar-refractivity contribution < 1.29 is 14.3 Å². The minimum Gasteiger partial charge on any atom is -0.497 e. The lowest BCUT2D eigenvalue weighted by atomic mass is 9.97. The van der Waals surface area contributed by atoms with Crippen molar-refractivity contribution in [1.29, 1.82) is 0 Å². The Hall–Kier alpha value is -2.23. The number of carbonyl (C=O) groups excluding carboxylic acids is 1. The number of methoxy groups -OCH3 is 1. The summed E-state index contributed by atoms with van der Waals surface area (Å²) in [5.74, 6) is 1.59. The molecule has 1 aliphatic rings. The van der Waals surface area contributed by atoms with E-state index in [9.17, 15) is 4.79 Å². The largest absolute Gasteiger partial charge is 0.497 e. The Morgan fingerprint density at radius 2 is 1.67 bits per heavy atom. The van der Waals surface area contributed by atoms with E-state index in [1.807, 2.05) is 41.3 Å². The standard InChI is InChI=1S/C20H25NO3/c1-14-5-4-6-15(2)21(14)20(22)13-24-19-10-8-16-7-9-18(23-3)11-17(16)12-19/h7-12,14-15H,4-6,13H2,1-3H3/t14-,15-/m1/s1. The summed E-state index contributed by atoms with van der Waals surface area (Å²) in [5.41, 5.74) is 0. The van der Waals surface area contributed by atoms with Gasteiger partial charge in [0.1, 0.15) is 11.5 Å². The first-order chi connectivity index (χ1) is 11.6. The van der Waals surface area contributed by atoms with Crippen molar-refractivity contribution in [2.45, 2.75) is 45.2 Å². The van der Waals surface area contributed by atoms with Crippen LogP contribution in [0.1, 0.15) is 33.1 Å². The molecule has 0 unspecified atom stereocenters. The van der Waals surface area contributed by atoms with Crippen LogP contribution in [-0.4, -0.2) is 36.6 Å². The number of nitrogens with zero attached hydrogens (tertiary/aromatic N) is 1. The summed E-state index contributed by atoms with van der Waals surface area (Å²) in [5, 5.41) is 2.16. The topological polar surface area (TPSA) is 38.8 Å². The summed E-state index contributed by atoms with van der Waals surface area (Å²) in [7, 11) is 1.65. The van der Waals surface area contributed by atoms with Crippen LogP contribution in [0.3, 0.4) is 0 Å². The number of piperidine rings is 1. The first kappa shape index (κ1) is 16.6. The second-order valence-corrected chi connectivity index (χ2v) is 6.59. The van der Waals surface area contributed by atoms with E-state index in [2.05, 4.69) is 13.8 Å². The van der Waals surface area contributed by atoms with Crippen molar-refractivity contribution in [3.63, 3.8) is 0 Å². The van der Waals surface area contributed by atoms with Crippen molar-refractivity contribution in [3.8, 4) is 11.5 Å². The zero-order valence-electron chi connectivity index (χ0n) is 14.6. The fourth-order valence-corrected chi connectivity index (χ4v) is 3.55. The molecule has 0 radical (unpaired) electrons. The van der Waals surface area contributed by atoms with Gasteiger partial charge in [0, 0.05) is 12.1 Å². The van der Waals surface area contributed by atoms with Gasteiger partial charge in [0.25, 0.3) is 5.91 Å². The van der Waals surface area contributed by atoms with Crippen LogP contribution in [0.5, 0.6) is 11.5 Å². The molecule has 1 saturated heterocycles. The number of fused-ring (bicyclic) bond motifs is 1. The molecule has 1 heterocycles. The fraction of sp³-hybridized carbons (Fsp3) is 0.450. The highest BCUT2D eigenvalue weighted by molar-refractivity contribution is 5.85. The van der Waals surface area contributed by atoms with Crippen molar-refractivity contribution >= 4 is 16.7 Å². The molecular formula is C20H25NO3. The Labute approximate surface area is 143 Å². The Balaban J connectivity index is 1.69. The van der Waals surface area contributed by atoms with Crippen LogP contribution >= 0.6 is 0 Å². The molecule has 0 aliphatic carbocycles. The van der Waals surface area contributed by atoms with Gasteiger partial charge in [-0.3, -0.25) is 4.79 Å². The summed E-state index contributed by atoms with van der Waals surface area (Å²) < 4.78 is 11.0. The lowest BCUT2D eigenvalue weighted by Gasteiger charge is -2.38. The predicted molar refractivity (Wildman–Crippen MR) is 95.6 cm³/mol. The fourth-order valence-electron chi connectivity index (χ4n) is 3.55. The van der Waals surface area contributed by atoms with Crippen LogP contribution in [-0.2, 0) is 4.79 Å². The maximum atomic E-state index is 12.5. The Kier molecular flexibility index (Phi) is 4.93. The Morgan fingerprint density at radius 1 is 1.04 bits per heavy atom. The molecule has 24 heavy (non-hydrogen) atoms. The van der Waals surface area contributed by atoms with Crippen molar-refractivity contribution in [1.82, 2.24) is 4.90 Å². The number of benzene rings is 2.